The van der Waals surface area contributed by atoms with Crippen LogP contribution in [-0.2, 0) is 11.3 Å². The summed E-state index contributed by atoms with van der Waals surface area (Å²) in [6.07, 6.45) is 0. The van der Waals surface area contributed by atoms with E-state index in [1.165, 1.54) is 9.13 Å². The Balaban J connectivity index is 2.49. The summed E-state index contributed by atoms with van der Waals surface area (Å²) in [6.45, 7) is 3.81. The van der Waals surface area contributed by atoms with E-state index in [4.69, 9.17) is 4.74 Å². The van der Waals surface area contributed by atoms with E-state index in [2.05, 4.69) is 67.7 Å². The first kappa shape index (κ1) is 14.4. The number of rotatable bonds is 7. The van der Waals surface area contributed by atoms with Gasteiger partial charge in [-0.15, -0.1) is 0 Å². The topological polar surface area (TPSA) is 12.5 Å². The fraction of sp³-hybridized carbons (Fsp3) is 0.500. The van der Waals surface area contributed by atoms with E-state index in [-0.39, 0.29) is 0 Å². The van der Waals surface area contributed by atoms with E-state index in [9.17, 15) is 0 Å². The SMILES string of the molecule is COCCN(CCBr)Cc1ccc(I)cc1. The molecule has 0 N–H and O–H groups in total. The van der Waals surface area contributed by atoms with Gasteiger partial charge in [0.15, 0.2) is 0 Å². The lowest BCUT2D eigenvalue weighted by atomic mass is 10.2. The minimum absolute atomic E-state index is 0.789. The van der Waals surface area contributed by atoms with Crippen LogP contribution in [-0.4, -0.2) is 37.0 Å². The smallest absolute Gasteiger partial charge is 0.0589 e. The van der Waals surface area contributed by atoms with E-state index in [0.29, 0.717) is 0 Å². The number of nitrogens with zero attached hydrogens (tertiary/aromatic N) is 1. The van der Waals surface area contributed by atoms with Crippen LogP contribution in [0.4, 0.5) is 0 Å². The molecule has 2 nitrogen and oxygen atoms in total. The van der Waals surface area contributed by atoms with E-state index in [0.717, 1.165) is 31.6 Å². The van der Waals surface area contributed by atoms with Crippen LogP contribution in [0.25, 0.3) is 0 Å². The van der Waals surface area contributed by atoms with Crippen LogP contribution in [0, 0.1) is 3.57 Å². The normalized spacial score (nSPS) is 11.0. The van der Waals surface area contributed by atoms with Crippen molar-refractivity contribution in [2.45, 2.75) is 6.54 Å². The third kappa shape index (κ3) is 5.61. The number of alkyl halides is 1. The average Bonchev–Trinajstić information content (AvgIpc) is 2.29. The first-order chi connectivity index (χ1) is 7.76. The molecule has 0 aliphatic heterocycles. The van der Waals surface area contributed by atoms with Gasteiger partial charge in [0, 0.05) is 35.6 Å². The Hall–Kier alpha value is 0.350. The van der Waals surface area contributed by atoms with Crippen molar-refractivity contribution in [1.82, 2.24) is 4.90 Å². The van der Waals surface area contributed by atoms with Gasteiger partial charge < -0.3 is 4.74 Å². The summed E-state index contributed by atoms with van der Waals surface area (Å²) in [4.78, 5) is 2.39. The van der Waals surface area contributed by atoms with E-state index >= 15 is 0 Å². The molecule has 90 valence electrons. The third-order valence-corrected chi connectivity index (χ3v) is 3.41. The maximum atomic E-state index is 5.12. The highest BCUT2D eigenvalue weighted by Gasteiger charge is 2.04. The number of benzene rings is 1. The summed E-state index contributed by atoms with van der Waals surface area (Å²) in [5, 5.41) is 1.00. The Morgan fingerprint density at radius 1 is 1.25 bits per heavy atom. The number of halogens is 2. The molecular formula is C12H17BrINO. The quantitative estimate of drug-likeness (QED) is 0.517. The van der Waals surface area contributed by atoms with Crippen LogP contribution in [0.2, 0.25) is 0 Å². The molecule has 0 spiro atoms. The predicted octanol–water partition coefficient (Wildman–Crippen LogP) is 3.13. The van der Waals surface area contributed by atoms with Crippen LogP contribution >= 0.6 is 38.5 Å². The zero-order valence-electron chi connectivity index (χ0n) is 9.46. The van der Waals surface area contributed by atoms with Crippen molar-refractivity contribution in [3.05, 3.63) is 33.4 Å². The van der Waals surface area contributed by atoms with Gasteiger partial charge in [0.05, 0.1) is 6.61 Å². The molecule has 0 saturated heterocycles. The molecule has 0 aliphatic carbocycles. The molecule has 1 aromatic rings. The molecule has 0 bridgehead atoms. The van der Waals surface area contributed by atoms with Crippen LogP contribution in [0.1, 0.15) is 5.56 Å². The molecule has 1 rings (SSSR count). The lowest BCUT2D eigenvalue weighted by Gasteiger charge is -2.20. The zero-order valence-corrected chi connectivity index (χ0v) is 13.2. The molecular weight excluding hydrogens is 381 g/mol. The first-order valence-corrected chi connectivity index (χ1v) is 7.48. The van der Waals surface area contributed by atoms with Gasteiger partial charge in [0.25, 0.3) is 0 Å². The second kappa shape index (κ2) is 8.44. The molecule has 0 aliphatic rings. The van der Waals surface area contributed by atoms with Crippen LogP contribution in [0.15, 0.2) is 24.3 Å². The number of hydrogen-bond donors (Lipinski definition) is 0. The second-order valence-corrected chi connectivity index (χ2v) is 5.62. The lowest BCUT2D eigenvalue weighted by molar-refractivity contribution is 0.148. The molecule has 0 atom stereocenters. The largest absolute Gasteiger partial charge is 0.383 e. The van der Waals surface area contributed by atoms with Crippen molar-refractivity contribution >= 4 is 38.5 Å². The number of methoxy groups -OCH3 is 1. The highest BCUT2D eigenvalue weighted by atomic mass is 127. The summed E-state index contributed by atoms with van der Waals surface area (Å²) in [5.74, 6) is 0. The Bertz CT molecular complexity index is 292. The monoisotopic (exact) mass is 397 g/mol. The summed E-state index contributed by atoms with van der Waals surface area (Å²) < 4.78 is 6.40. The van der Waals surface area contributed by atoms with Gasteiger partial charge in [-0.3, -0.25) is 4.90 Å². The first-order valence-electron chi connectivity index (χ1n) is 5.28. The highest BCUT2D eigenvalue weighted by molar-refractivity contribution is 14.1. The van der Waals surface area contributed by atoms with Crippen molar-refractivity contribution in [3.8, 4) is 0 Å². The van der Waals surface area contributed by atoms with Crippen molar-refractivity contribution in [3.63, 3.8) is 0 Å². The zero-order chi connectivity index (χ0) is 11.8. The highest BCUT2D eigenvalue weighted by Crippen LogP contribution is 2.09. The van der Waals surface area contributed by atoms with Gasteiger partial charge in [-0.2, -0.15) is 0 Å². The van der Waals surface area contributed by atoms with Crippen molar-refractivity contribution in [2.24, 2.45) is 0 Å². The summed E-state index contributed by atoms with van der Waals surface area (Å²) in [6, 6.07) is 8.68. The van der Waals surface area contributed by atoms with Gasteiger partial charge in [-0.1, -0.05) is 28.1 Å². The van der Waals surface area contributed by atoms with Crippen molar-refractivity contribution < 1.29 is 4.74 Å². The molecule has 0 saturated carbocycles. The second-order valence-electron chi connectivity index (χ2n) is 3.58. The van der Waals surface area contributed by atoms with E-state index in [1.54, 1.807) is 7.11 Å². The van der Waals surface area contributed by atoms with Gasteiger partial charge in [0.2, 0.25) is 0 Å². The molecule has 0 fully saturated rings. The van der Waals surface area contributed by atoms with E-state index < -0.39 is 0 Å². The summed E-state index contributed by atoms with van der Waals surface area (Å²) in [7, 11) is 1.75. The van der Waals surface area contributed by atoms with Gasteiger partial charge in [-0.25, -0.2) is 0 Å². The minimum Gasteiger partial charge on any atom is -0.383 e. The molecule has 16 heavy (non-hydrogen) atoms. The molecule has 0 heterocycles. The van der Waals surface area contributed by atoms with E-state index in [1.807, 2.05) is 0 Å². The Labute approximate surface area is 120 Å². The fourth-order valence-electron chi connectivity index (χ4n) is 1.46. The number of hydrogen-bond acceptors (Lipinski definition) is 2. The Kier molecular flexibility index (Phi) is 7.60. The molecule has 0 radical (unpaired) electrons. The molecule has 0 unspecified atom stereocenters. The summed E-state index contributed by atoms with van der Waals surface area (Å²) in [5.41, 5.74) is 1.36. The molecule has 1 aromatic carbocycles. The van der Waals surface area contributed by atoms with Gasteiger partial charge >= 0.3 is 0 Å². The number of ether oxygens (including phenoxy) is 1. The fourth-order valence-corrected chi connectivity index (χ4v) is 2.32. The Morgan fingerprint density at radius 2 is 1.94 bits per heavy atom. The predicted molar refractivity (Wildman–Crippen MR) is 80.1 cm³/mol. The van der Waals surface area contributed by atoms with Crippen molar-refractivity contribution in [1.29, 1.82) is 0 Å². The average molecular weight is 398 g/mol. The standard InChI is InChI=1S/C12H17BrINO/c1-16-9-8-15(7-6-13)10-11-2-4-12(14)5-3-11/h2-5H,6-10H2,1H3. The Morgan fingerprint density at radius 3 is 2.50 bits per heavy atom. The maximum absolute atomic E-state index is 5.12. The van der Waals surface area contributed by atoms with Gasteiger partial charge in [-0.05, 0) is 40.3 Å². The van der Waals surface area contributed by atoms with Crippen molar-refractivity contribution in [2.75, 3.05) is 32.1 Å². The third-order valence-electron chi connectivity index (χ3n) is 2.33. The van der Waals surface area contributed by atoms with Crippen LogP contribution < -0.4 is 0 Å². The summed E-state index contributed by atoms with van der Waals surface area (Å²) >= 11 is 5.81. The van der Waals surface area contributed by atoms with Gasteiger partial charge in [0.1, 0.15) is 0 Å². The minimum atomic E-state index is 0.789. The van der Waals surface area contributed by atoms with Crippen LogP contribution in [0.3, 0.4) is 0 Å². The molecule has 0 aromatic heterocycles. The van der Waals surface area contributed by atoms with Crippen LogP contribution in [0.5, 0.6) is 0 Å². The maximum Gasteiger partial charge on any atom is 0.0589 e. The molecule has 4 heteroatoms. The molecule has 0 amide bonds. The lowest BCUT2D eigenvalue weighted by Crippen LogP contribution is -2.28.